The van der Waals surface area contributed by atoms with Gasteiger partial charge in [-0.3, -0.25) is 0 Å². The lowest BCUT2D eigenvalue weighted by atomic mass is 9.90. The van der Waals surface area contributed by atoms with Crippen LogP contribution in [0.5, 0.6) is 0 Å². The minimum atomic E-state index is 0.146. The predicted molar refractivity (Wildman–Crippen MR) is 74.2 cm³/mol. The molecule has 2 nitrogen and oxygen atoms in total. The monoisotopic (exact) mass is 244 g/mol. The van der Waals surface area contributed by atoms with Crippen molar-refractivity contribution < 1.29 is 9.84 Å². The van der Waals surface area contributed by atoms with Gasteiger partial charge in [-0.25, -0.2) is 0 Å². The Morgan fingerprint density at radius 1 is 1.00 bits per heavy atom. The van der Waals surface area contributed by atoms with Gasteiger partial charge in [0.15, 0.2) is 0 Å². The van der Waals surface area contributed by atoms with Crippen molar-refractivity contribution in [1.29, 1.82) is 0 Å². The Bertz CT molecular complexity index is 146. The number of aliphatic hydroxyl groups excluding tert-OH is 1. The van der Waals surface area contributed by atoms with E-state index >= 15 is 0 Å². The zero-order valence-corrected chi connectivity index (χ0v) is 12.1. The maximum absolute atomic E-state index is 8.54. The minimum absolute atomic E-state index is 0.146. The van der Waals surface area contributed by atoms with E-state index < -0.39 is 0 Å². The molecule has 0 spiro atoms. The van der Waals surface area contributed by atoms with E-state index in [-0.39, 0.29) is 6.61 Å². The van der Waals surface area contributed by atoms with Gasteiger partial charge in [0.05, 0.1) is 13.2 Å². The Kier molecular flexibility index (Phi) is 12.3. The fourth-order valence-electron chi connectivity index (χ4n) is 2.31. The third kappa shape index (κ3) is 12.2. The molecule has 1 atom stereocenters. The van der Waals surface area contributed by atoms with Crippen molar-refractivity contribution in [2.24, 2.45) is 11.8 Å². The Hall–Kier alpha value is -0.0800. The van der Waals surface area contributed by atoms with Crippen LogP contribution in [-0.2, 0) is 4.74 Å². The van der Waals surface area contributed by atoms with Crippen LogP contribution in [0, 0.1) is 11.8 Å². The maximum atomic E-state index is 8.54. The van der Waals surface area contributed by atoms with Crippen LogP contribution >= 0.6 is 0 Å². The van der Waals surface area contributed by atoms with Crippen molar-refractivity contribution >= 4 is 0 Å². The van der Waals surface area contributed by atoms with E-state index in [2.05, 4.69) is 20.8 Å². The first kappa shape index (κ1) is 16.9. The SMILES string of the molecule is CCC(CCCCCCOCCO)CC(C)C. The molecule has 1 unspecified atom stereocenters. The normalized spacial score (nSPS) is 13.2. The molecular formula is C15H32O2. The summed E-state index contributed by atoms with van der Waals surface area (Å²) in [6.07, 6.45) is 9.22. The van der Waals surface area contributed by atoms with Crippen LogP contribution in [0.1, 0.15) is 65.7 Å². The number of rotatable bonds is 12. The molecule has 0 aromatic carbocycles. The third-order valence-corrected chi connectivity index (χ3v) is 3.27. The van der Waals surface area contributed by atoms with Crippen LogP contribution in [-0.4, -0.2) is 24.9 Å². The third-order valence-electron chi connectivity index (χ3n) is 3.27. The highest BCUT2D eigenvalue weighted by molar-refractivity contribution is 4.60. The van der Waals surface area contributed by atoms with Gasteiger partial charge in [-0.05, 0) is 24.7 Å². The predicted octanol–water partition coefficient (Wildman–Crippen LogP) is 4.02. The minimum Gasteiger partial charge on any atom is -0.394 e. The number of hydrogen-bond acceptors (Lipinski definition) is 2. The van der Waals surface area contributed by atoms with Gasteiger partial charge in [0, 0.05) is 6.61 Å². The molecule has 0 aliphatic carbocycles. The molecule has 0 aliphatic heterocycles. The second-order valence-corrected chi connectivity index (χ2v) is 5.44. The van der Waals surface area contributed by atoms with Crippen LogP contribution in [0.25, 0.3) is 0 Å². The highest BCUT2D eigenvalue weighted by Crippen LogP contribution is 2.21. The molecule has 0 fully saturated rings. The number of ether oxygens (including phenoxy) is 1. The summed E-state index contributed by atoms with van der Waals surface area (Å²) in [5.41, 5.74) is 0. The van der Waals surface area contributed by atoms with Crippen LogP contribution in [0.15, 0.2) is 0 Å². The quantitative estimate of drug-likeness (QED) is 0.525. The first-order valence-corrected chi connectivity index (χ1v) is 7.39. The molecule has 17 heavy (non-hydrogen) atoms. The Morgan fingerprint density at radius 3 is 2.29 bits per heavy atom. The molecule has 0 radical (unpaired) electrons. The van der Waals surface area contributed by atoms with Gasteiger partial charge in [0.2, 0.25) is 0 Å². The summed E-state index contributed by atoms with van der Waals surface area (Å²) in [5, 5.41) is 8.54. The zero-order chi connectivity index (χ0) is 12.9. The van der Waals surface area contributed by atoms with Crippen LogP contribution in [0.3, 0.4) is 0 Å². The summed E-state index contributed by atoms with van der Waals surface area (Å²) in [5.74, 6) is 1.77. The molecule has 0 bridgehead atoms. The van der Waals surface area contributed by atoms with Crippen LogP contribution in [0.4, 0.5) is 0 Å². The van der Waals surface area contributed by atoms with Crippen molar-refractivity contribution in [2.45, 2.75) is 65.7 Å². The lowest BCUT2D eigenvalue weighted by Gasteiger charge is -2.16. The van der Waals surface area contributed by atoms with Gasteiger partial charge < -0.3 is 9.84 Å². The fourth-order valence-corrected chi connectivity index (χ4v) is 2.31. The van der Waals surface area contributed by atoms with Gasteiger partial charge in [-0.2, -0.15) is 0 Å². The van der Waals surface area contributed by atoms with Gasteiger partial charge in [-0.1, -0.05) is 52.9 Å². The van der Waals surface area contributed by atoms with Crippen molar-refractivity contribution in [2.75, 3.05) is 19.8 Å². The van der Waals surface area contributed by atoms with Crippen LogP contribution < -0.4 is 0 Å². The highest BCUT2D eigenvalue weighted by Gasteiger charge is 2.07. The van der Waals surface area contributed by atoms with E-state index in [1.54, 1.807) is 0 Å². The molecule has 0 aromatic heterocycles. The highest BCUT2D eigenvalue weighted by atomic mass is 16.5. The summed E-state index contributed by atoms with van der Waals surface area (Å²) >= 11 is 0. The Morgan fingerprint density at radius 2 is 1.71 bits per heavy atom. The molecule has 2 heteroatoms. The molecule has 0 aliphatic rings. The van der Waals surface area contributed by atoms with Crippen molar-refractivity contribution in [1.82, 2.24) is 0 Å². The van der Waals surface area contributed by atoms with E-state index in [4.69, 9.17) is 9.84 Å². The fraction of sp³-hybridized carbons (Fsp3) is 1.00. The van der Waals surface area contributed by atoms with Gasteiger partial charge in [-0.15, -0.1) is 0 Å². The first-order valence-electron chi connectivity index (χ1n) is 7.39. The van der Waals surface area contributed by atoms with Crippen molar-refractivity contribution in [3.05, 3.63) is 0 Å². The smallest absolute Gasteiger partial charge is 0.0697 e. The average molecular weight is 244 g/mol. The molecule has 0 aromatic rings. The van der Waals surface area contributed by atoms with E-state index in [0.29, 0.717) is 6.61 Å². The summed E-state index contributed by atoms with van der Waals surface area (Å²) in [7, 11) is 0. The first-order chi connectivity index (χ1) is 8.20. The Labute approximate surface area is 108 Å². The van der Waals surface area contributed by atoms with E-state index in [1.165, 1.54) is 38.5 Å². The molecule has 104 valence electrons. The van der Waals surface area contributed by atoms with Crippen LogP contribution in [0.2, 0.25) is 0 Å². The average Bonchev–Trinajstić information content (AvgIpc) is 2.30. The number of unbranched alkanes of at least 4 members (excludes halogenated alkanes) is 3. The van der Waals surface area contributed by atoms with E-state index in [1.807, 2.05) is 0 Å². The van der Waals surface area contributed by atoms with Crippen molar-refractivity contribution in [3.8, 4) is 0 Å². The number of hydrogen-bond donors (Lipinski definition) is 1. The van der Waals surface area contributed by atoms with Gasteiger partial charge in [0.1, 0.15) is 0 Å². The van der Waals surface area contributed by atoms with Crippen molar-refractivity contribution in [3.63, 3.8) is 0 Å². The molecule has 0 rings (SSSR count). The maximum Gasteiger partial charge on any atom is 0.0697 e. The second kappa shape index (κ2) is 12.4. The Balaban J connectivity index is 3.25. The molecule has 0 saturated heterocycles. The standard InChI is InChI=1S/C15H32O2/c1-4-15(13-14(2)3)9-7-5-6-8-11-17-12-10-16/h14-16H,4-13H2,1-3H3. The summed E-state index contributed by atoms with van der Waals surface area (Å²) in [6.45, 7) is 8.40. The topological polar surface area (TPSA) is 29.5 Å². The molecule has 1 N–H and O–H groups in total. The summed E-state index contributed by atoms with van der Waals surface area (Å²) in [6, 6.07) is 0. The molecular weight excluding hydrogens is 212 g/mol. The molecule has 0 amide bonds. The molecule has 0 saturated carbocycles. The van der Waals surface area contributed by atoms with E-state index in [0.717, 1.165) is 24.9 Å². The number of aliphatic hydroxyl groups is 1. The van der Waals surface area contributed by atoms with E-state index in [9.17, 15) is 0 Å². The van der Waals surface area contributed by atoms with Gasteiger partial charge >= 0.3 is 0 Å². The second-order valence-electron chi connectivity index (χ2n) is 5.44. The summed E-state index contributed by atoms with van der Waals surface area (Å²) in [4.78, 5) is 0. The lowest BCUT2D eigenvalue weighted by molar-refractivity contribution is 0.0894. The summed E-state index contributed by atoms with van der Waals surface area (Å²) < 4.78 is 5.23. The molecule has 0 heterocycles. The lowest BCUT2D eigenvalue weighted by Crippen LogP contribution is -2.03. The largest absolute Gasteiger partial charge is 0.394 e. The van der Waals surface area contributed by atoms with Gasteiger partial charge in [0.25, 0.3) is 0 Å². The zero-order valence-electron chi connectivity index (χ0n) is 12.1.